The number of fused-ring (bicyclic) bond motifs is 2. The number of aromatic nitrogens is 4. The summed E-state index contributed by atoms with van der Waals surface area (Å²) < 4.78 is 7.75. The topological polar surface area (TPSA) is 135 Å². The van der Waals surface area contributed by atoms with Gasteiger partial charge in [0.15, 0.2) is 5.58 Å². The lowest BCUT2D eigenvalue weighted by Gasteiger charge is -2.19. The van der Waals surface area contributed by atoms with Crippen molar-refractivity contribution in [1.82, 2.24) is 29.3 Å². The molecule has 1 aliphatic rings. The largest absolute Gasteiger partial charge is 0.423 e. The highest BCUT2D eigenvalue weighted by atomic mass is 16.4. The summed E-state index contributed by atoms with van der Waals surface area (Å²) in [5.74, 6) is -0.278. The van der Waals surface area contributed by atoms with E-state index in [9.17, 15) is 9.59 Å². The third kappa shape index (κ3) is 5.71. The molecule has 0 spiro atoms. The molecule has 2 aromatic carbocycles. The second-order valence-electron chi connectivity index (χ2n) is 11.1. The molecule has 1 atom stereocenters. The van der Waals surface area contributed by atoms with Crippen LogP contribution in [-0.4, -0.2) is 73.9 Å². The fraction of sp³-hybridized carbons (Fsp3) is 0.281. The van der Waals surface area contributed by atoms with E-state index in [2.05, 4.69) is 39.0 Å². The first-order valence-corrected chi connectivity index (χ1v) is 14.3. The molecule has 0 aliphatic carbocycles. The van der Waals surface area contributed by atoms with E-state index in [0.717, 1.165) is 17.5 Å². The number of nitrogens with two attached hydrogens (primary N) is 1. The summed E-state index contributed by atoms with van der Waals surface area (Å²) in [4.78, 5) is 43.5. The van der Waals surface area contributed by atoms with Gasteiger partial charge in [-0.25, -0.2) is 9.97 Å². The molecular weight excluding hydrogens is 544 g/mol. The summed E-state index contributed by atoms with van der Waals surface area (Å²) in [5.41, 5.74) is 10.3. The van der Waals surface area contributed by atoms with E-state index in [1.54, 1.807) is 12.3 Å². The molecule has 2 amide bonds. The number of rotatable bonds is 8. The average molecular weight is 579 g/mol. The number of hydrogen-bond acceptors (Lipinski definition) is 8. The average Bonchev–Trinajstić information content (AvgIpc) is 3.74. The van der Waals surface area contributed by atoms with Gasteiger partial charge in [0.2, 0.25) is 5.91 Å². The van der Waals surface area contributed by atoms with E-state index < -0.39 is 5.91 Å². The SMILES string of the molecule is CC(C)N(C)CC=CC(=O)N1CCC(n2cc(C(=O)Nc3nc4cc(-c5ccccc5)ccc4o3)c3c(N)ncnc32)C1. The first-order chi connectivity index (χ1) is 20.8. The van der Waals surface area contributed by atoms with Crippen LogP contribution in [0.3, 0.4) is 0 Å². The number of likely N-dealkylation sites (N-methyl/N-ethyl adjacent to an activating group) is 1. The normalized spacial score (nSPS) is 15.5. The van der Waals surface area contributed by atoms with Crippen molar-refractivity contribution >= 4 is 45.8 Å². The van der Waals surface area contributed by atoms with Gasteiger partial charge in [0.1, 0.15) is 23.3 Å². The first-order valence-electron chi connectivity index (χ1n) is 14.3. The van der Waals surface area contributed by atoms with Gasteiger partial charge in [-0.05, 0) is 50.6 Å². The number of likely N-dealkylation sites (tertiary alicyclic amines) is 1. The van der Waals surface area contributed by atoms with E-state index in [1.165, 1.54) is 6.33 Å². The minimum atomic E-state index is -0.441. The predicted octanol–water partition coefficient (Wildman–Crippen LogP) is 4.74. The highest BCUT2D eigenvalue weighted by Gasteiger charge is 2.30. The number of amides is 2. The quantitative estimate of drug-likeness (QED) is 0.252. The summed E-state index contributed by atoms with van der Waals surface area (Å²) >= 11 is 0. The van der Waals surface area contributed by atoms with Gasteiger partial charge in [-0.1, -0.05) is 42.5 Å². The zero-order chi connectivity index (χ0) is 30.1. The van der Waals surface area contributed by atoms with Gasteiger partial charge in [-0.15, -0.1) is 0 Å². The molecule has 43 heavy (non-hydrogen) atoms. The molecule has 11 heteroatoms. The molecule has 3 N–H and O–H groups in total. The molecule has 0 saturated carbocycles. The van der Waals surface area contributed by atoms with Crippen molar-refractivity contribution in [2.75, 3.05) is 37.7 Å². The molecular formula is C32H34N8O3. The number of nitrogens with one attached hydrogen (secondary N) is 1. The van der Waals surface area contributed by atoms with Crippen LogP contribution in [0.1, 0.15) is 36.7 Å². The minimum Gasteiger partial charge on any atom is -0.423 e. The number of carbonyl (C=O) groups excluding carboxylic acids is 2. The molecule has 11 nitrogen and oxygen atoms in total. The number of hydrogen-bond donors (Lipinski definition) is 2. The molecule has 1 aliphatic heterocycles. The Balaban J connectivity index is 1.22. The van der Waals surface area contributed by atoms with Crippen LogP contribution in [0.2, 0.25) is 0 Å². The van der Waals surface area contributed by atoms with Crippen LogP contribution in [-0.2, 0) is 4.79 Å². The number of nitrogens with zero attached hydrogens (tertiary/aromatic N) is 6. The Kier molecular flexibility index (Phi) is 7.64. The lowest BCUT2D eigenvalue weighted by molar-refractivity contribution is -0.125. The molecule has 1 unspecified atom stereocenters. The Bertz CT molecular complexity index is 1820. The maximum Gasteiger partial charge on any atom is 0.302 e. The number of nitrogen functional groups attached to an aromatic ring is 1. The van der Waals surface area contributed by atoms with Crippen LogP contribution in [0.15, 0.2) is 77.6 Å². The van der Waals surface area contributed by atoms with E-state index in [0.29, 0.717) is 53.4 Å². The minimum absolute atomic E-state index is 0.0328. The second-order valence-corrected chi connectivity index (χ2v) is 11.1. The smallest absolute Gasteiger partial charge is 0.302 e. The summed E-state index contributed by atoms with van der Waals surface area (Å²) in [6, 6.07) is 16.1. The second kappa shape index (κ2) is 11.7. The van der Waals surface area contributed by atoms with Gasteiger partial charge in [0, 0.05) is 37.9 Å². The maximum absolute atomic E-state index is 13.6. The number of benzene rings is 2. The van der Waals surface area contributed by atoms with Crippen molar-refractivity contribution in [2.45, 2.75) is 32.4 Å². The molecule has 220 valence electrons. The van der Waals surface area contributed by atoms with Gasteiger partial charge in [0.25, 0.3) is 5.91 Å². The van der Waals surface area contributed by atoms with Gasteiger partial charge in [-0.2, -0.15) is 4.98 Å². The highest BCUT2D eigenvalue weighted by molar-refractivity contribution is 6.14. The fourth-order valence-corrected chi connectivity index (χ4v) is 5.32. The number of oxazole rings is 1. The molecule has 1 saturated heterocycles. The third-order valence-electron chi connectivity index (χ3n) is 8.00. The molecule has 4 heterocycles. The van der Waals surface area contributed by atoms with Crippen LogP contribution in [0.25, 0.3) is 33.3 Å². The predicted molar refractivity (Wildman–Crippen MR) is 166 cm³/mol. The summed E-state index contributed by atoms with van der Waals surface area (Å²) in [6.45, 7) is 6.02. The van der Waals surface area contributed by atoms with Crippen LogP contribution in [0.5, 0.6) is 0 Å². The van der Waals surface area contributed by atoms with Crippen molar-refractivity contribution in [1.29, 1.82) is 0 Å². The summed E-state index contributed by atoms with van der Waals surface area (Å²) in [6.07, 6.45) is 7.36. The first kappa shape index (κ1) is 28.1. The van der Waals surface area contributed by atoms with Crippen LogP contribution in [0, 0.1) is 0 Å². The van der Waals surface area contributed by atoms with Crippen LogP contribution >= 0.6 is 0 Å². The standard InChI is InChI=1S/C32H34N8O3/c1-20(2)38(3)14-7-10-27(41)39-15-13-23(17-39)40-18-24(28-29(33)34-19-35-30(28)40)31(42)37-32-36-25-16-22(11-12-26(25)43-32)21-8-5-4-6-9-21/h4-12,16,18-20,23H,13-15,17H2,1-3H3,(H2,33,34,35)(H,36,37,42). The summed E-state index contributed by atoms with van der Waals surface area (Å²) in [5, 5.41) is 3.23. The molecule has 6 rings (SSSR count). The van der Waals surface area contributed by atoms with Crippen molar-refractivity contribution in [3.8, 4) is 11.1 Å². The summed E-state index contributed by atoms with van der Waals surface area (Å²) in [7, 11) is 2.02. The molecule has 0 bridgehead atoms. The lowest BCUT2D eigenvalue weighted by Crippen LogP contribution is -2.29. The Morgan fingerprint density at radius 3 is 2.77 bits per heavy atom. The number of anilines is 2. The van der Waals surface area contributed by atoms with Crippen molar-refractivity contribution in [3.63, 3.8) is 0 Å². The van der Waals surface area contributed by atoms with Gasteiger partial charge in [0.05, 0.1) is 17.0 Å². The Morgan fingerprint density at radius 1 is 1.16 bits per heavy atom. The Labute approximate surface area is 249 Å². The zero-order valence-corrected chi connectivity index (χ0v) is 24.4. The van der Waals surface area contributed by atoms with Crippen LogP contribution in [0.4, 0.5) is 11.8 Å². The van der Waals surface area contributed by atoms with Crippen molar-refractivity contribution in [2.24, 2.45) is 0 Å². The third-order valence-corrected chi connectivity index (χ3v) is 8.00. The van der Waals surface area contributed by atoms with Crippen LogP contribution < -0.4 is 11.1 Å². The monoisotopic (exact) mass is 578 g/mol. The molecule has 1 fully saturated rings. The van der Waals surface area contributed by atoms with Crippen molar-refractivity contribution < 1.29 is 14.0 Å². The molecule has 0 radical (unpaired) electrons. The van der Waals surface area contributed by atoms with E-state index in [1.807, 2.05) is 71.1 Å². The van der Waals surface area contributed by atoms with E-state index in [-0.39, 0.29) is 23.8 Å². The van der Waals surface area contributed by atoms with Gasteiger partial charge >= 0.3 is 6.01 Å². The number of carbonyl (C=O) groups is 2. The maximum atomic E-state index is 13.6. The Morgan fingerprint density at radius 2 is 1.98 bits per heavy atom. The molecule has 3 aromatic heterocycles. The van der Waals surface area contributed by atoms with Gasteiger partial charge in [-0.3, -0.25) is 14.9 Å². The van der Waals surface area contributed by atoms with Gasteiger partial charge < -0.3 is 24.5 Å². The van der Waals surface area contributed by atoms with E-state index in [4.69, 9.17) is 10.2 Å². The fourth-order valence-electron chi connectivity index (χ4n) is 5.32. The lowest BCUT2D eigenvalue weighted by atomic mass is 10.1. The Hall–Kier alpha value is -5.03. The zero-order valence-electron chi connectivity index (χ0n) is 24.4. The van der Waals surface area contributed by atoms with E-state index >= 15 is 0 Å². The molecule has 5 aromatic rings. The van der Waals surface area contributed by atoms with Crippen molar-refractivity contribution in [3.05, 3.63) is 78.8 Å². The highest BCUT2D eigenvalue weighted by Crippen LogP contribution is 2.32.